The maximum atomic E-state index is 15.5. The van der Waals surface area contributed by atoms with Crippen LogP contribution in [0.4, 0.5) is 14.5 Å². The summed E-state index contributed by atoms with van der Waals surface area (Å²) < 4.78 is 31.8. The molecule has 0 spiro atoms. The first-order valence-electron chi connectivity index (χ1n) is 9.51. The van der Waals surface area contributed by atoms with Crippen molar-refractivity contribution in [1.82, 2.24) is 9.88 Å². The summed E-state index contributed by atoms with van der Waals surface area (Å²) in [4.78, 5) is 26.1. The van der Waals surface area contributed by atoms with Crippen molar-refractivity contribution in [2.24, 2.45) is 5.92 Å². The molecular weight excluding hydrogens is 364 g/mol. The van der Waals surface area contributed by atoms with Crippen molar-refractivity contribution < 1.29 is 13.6 Å². The minimum Gasteiger partial charge on any atom is -0.366 e. The Kier molecular flexibility index (Phi) is 5.93. The molecule has 3 rings (SSSR count). The molecule has 1 saturated heterocycles. The van der Waals surface area contributed by atoms with Crippen molar-refractivity contribution in [1.29, 1.82) is 0 Å². The van der Waals surface area contributed by atoms with Crippen LogP contribution in [0.3, 0.4) is 0 Å². The highest BCUT2D eigenvalue weighted by molar-refractivity contribution is 5.97. The number of carbonyl (C=O) groups is 1. The zero-order valence-corrected chi connectivity index (χ0v) is 16.2. The van der Waals surface area contributed by atoms with Gasteiger partial charge in [-0.05, 0) is 38.4 Å². The molecule has 2 aromatic rings. The summed E-state index contributed by atoms with van der Waals surface area (Å²) in [5.41, 5.74) is -0.855. The summed E-state index contributed by atoms with van der Waals surface area (Å²) in [7, 11) is 0. The standard InChI is InChI=1S/C21H25F2N3O2/c1-4-7-25-12-16(13(3)27)21(28)15-9-17(22)20(18(23)19(15)25)26-8-6-14(11-26)10-24-5-2/h4,9,12,14,24H,1,5-8,10-11H2,2-3H3. The van der Waals surface area contributed by atoms with E-state index in [0.717, 1.165) is 25.6 Å². The molecule has 1 fully saturated rings. The number of pyridine rings is 1. The number of rotatable bonds is 7. The summed E-state index contributed by atoms with van der Waals surface area (Å²) in [6.45, 7) is 9.86. The van der Waals surface area contributed by atoms with Gasteiger partial charge in [-0.15, -0.1) is 6.58 Å². The first-order chi connectivity index (χ1) is 13.4. The molecule has 1 aliphatic rings. The van der Waals surface area contributed by atoms with E-state index in [-0.39, 0.29) is 28.7 Å². The number of allylic oxidation sites excluding steroid dienone is 1. The number of aromatic nitrogens is 1. The predicted octanol–water partition coefficient (Wildman–Crippen LogP) is 3.10. The summed E-state index contributed by atoms with van der Waals surface area (Å²) in [5.74, 6) is -1.68. The lowest BCUT2D eigenvalue weighted by molar-refractivity contribution is 0.101. The van der Waals surface area contributed by atoms with Gasteiger partial charge < -0.3 is 14.8 Å². The molecule has 0 radical (unpaired) electrons. The third-order valence-electron chi connectivity index (χ3n) is 5.22. The third-order valence-corrected chi connectivity index (χ3v) is 5.22. The molecule has 28 heavy (non-hydrogen) atoms. The van der Waals surface area contributed by atoms with Crippen LogP contribution in [0.2, 0.25) is 0 Å². The van der Waals surface area contributed by atoms with E-state index in [2.05, 4.69) is 11.9 Å². The summed E-state index contributed by atoms with van der Waals surface area (Å²) in [6, 6.07) is 1.06. The van der Waals surface area contributed by atoms with Crippen molar-refractivity contribution in [3.8, 4) is 0 Å². The summed E-state index contributed by atoms with van der Waals surface area (Å²) in [6.07, 6.45) is 3.71. The molecule has 1 atom stereocenters. The van der Waals surface area contributed by atoms with E-state index < -0.39 is 22.8 Å². The molecule has 7 heteroatoms. The van der Waals surface area contributed by atoms with Crippen LogP contribution in [0.25, 0.3) is 10.9 Å². The lowest BCUT2D eigenvalue weighted by Gasteiger charge is -2.22. The maximum absolute atomic E-state index is 15.5. The number of benzene rings is 1. The van der Waals surface area contributed by atoms with E-state index in [1.54, 1.807) is 11.0 Å². The van der Waals surface area contributed by atoms with Crippen molar-refractivity contribution in [2.75, 3.05) is 31.1 Å². The van der Waals surface area contributed by atoms with Crippen LogP contribution in [-0.2, 0) is 6.54 Å². The van der Waals surface area contributed by atoms with E-state index in [4.69, 9.17) is 0 Å². The summed E-state index contributed by atoms with van der Waals surface area (Å²) >= 11 is 0. The number of halogens is 2. The second kappa shape index (κ2) is 8.22. The largest absolute Gasteiger partial charge is 0.366 e. The van der Waals surface area contributed by atoms with Gasteiger partial charge in [0, 0.05) is 25.8 Å². The molecule has 2 heterocycles. The number of hydrogen-bond acceptors (Lipinski definition) is 4. The number of Topliss-reactive ketones (excluding diaryl/α,β-unsaturated/α-hetero) is 1. The average Bonchev–Trinajstić information content (AvgIpc) is 3.10. The van der Waals surface area contributed by atoms with Gasteiger partial charge in [0.05, 0.1) is 16.5 Å². The minimum atomic E-state index is -0.781. The van der Waals surface area contributed by atoms with E-state index in [1.165, 1.54) is 17.7 Å². The summed E-state index contributed by atoms with van der Waals surface area (Å²) in [5, 5.41) is 3.14. The van der Waals surface area contributed by atoms with Crippen LogP contribution in [0.15, 0.2) is 29.7 Å². The third kappa shape index (κ3) is 3.58. The molecule has 1 aromatic carbocycles. The number of fused-ring (bicyclic) bond motifs is 1. The molecule has 150 valence electrons. The Hall–Kier alpha value is -2.54. The van der Waals surface area contributed by atoms with Crippen LogP contribution >= 0.6 is 0 Å². The van der Waals surface area contributed by atoms with Crippen molar-refractivity contribution in [2.45, 2.75) is 26.8 Å². The van der Waals surface area contributed by atoms with Gasteiger partial charge in [0.25, 0.3) is 0 Å². The second-order valence-electron chi connectivity index (χ2n) is 7.19. The molecule has 5 nitrogen and oxygen atoms in total. The molecular formula is C21H25F2N3O2. The van der Waals surface area contributed by atoms with Crippen LogP contribution in [-0.4, -0.2) is 36.5 Å². The first kappa shape index (κ1) is 20.2. The van der Waals surface area contributed by atoms with E-state index in [1.807, 2.05) is 6.92 Å². The Morgan fingerprint density at radius 1 is 1.43 bits per heavy atom. The fourth-order valence-electron chi connectivity index (χ4n) is 3.85. The number of hydrogen-bond donors (Lipinski definition) is 1. The number of nitrogens with one attached hydrogen (secondary N) is 1. The highest BCUT2D eigenvalue weighted by Crippen LogP contribution is 2.33. The second-order valence-corrected chi connectivity index (χ2v) is 7.19. The van der Waals surface area contributed by atoms with E-state index in [9.17, 15) is 14.0 Å². The molecule has 0 amide bonds. The van der Waals surface area contributed by atoms with E-state index >= 15 is 4.39 Å². The van der Waals surface area contributed by atoms with Gasteiger partial charge >= 0.3 is 0 Å². The van der Waals surface area contributed by atoms with E-state index in [0.29, 0.717) is 19.0 Å². The van der Waals surface area contributed by atoms with Gasteiger partial charge in [-0.25, -0.2) is 8.78 Å². The van der Waals surface area contributed by atoms with Crippen LogP contribution in [0.5, 0.6) is 0 Å². The topological polar surface area (TPSA) is 54.3 Å². The molecule has 1 N–H and O–H groups in total. The lowest BCUT2D eigenvalue weighted by atomic mass is 10.1. The molecule has 0 aliphatic carbocycles. The Labute approximate surface area is 162 Å². The Bertz CT molecular complexity index is 984. The van der Waals surface area contributed by atoms with Crippen LogP contribution in [0, 0.1) is 17.6 Å². The first-order valence-corrected chi connectivity index (χ1v) is 9.51. The van der Waals surface area contributed by atoms with Crippen molar-refractivity contribution >= 4 is 22.4 Å². The van der Waals surface area contributed by atoms with Crippen molar-refractivity contribution in [3.05, 3.63) is 52.3 Å². The van der Waals surface area contributed by atoms with Gasteiger partial charge in [-0.1, -0.05) is 13.0 Å². The van der Waals surface area contributed by atoms with Crippen molar-refractivity contribution in [3.63, 3.8) is 0 Å². The van der Waals surface area contributed by atoms with Gasteiger partial charge in [-0.2, -0.15) is 0 Å². The highest BCUT2D eigenvalue weighted by atomic mass is 19.1. The SMILES string of the molecule is C=CCn1cc(C(C)=O)c(=O)c2cc(F)c(N3CCC(CNCC)C3)c(F)c21. The lowest BCUT2D eigenvalue weighted by Crippen LogP contribution is -2.28. The average molecular weight is 389 g/mol. The zero-order valence-electron chi connectivity index (χ0n) is 16.2. The Morgan fingerprint density at radius 2 is 2.18 bits per heavy atom. The van der Waals surface area contributed by atoms with Crippen LogP contribution in [0.1, 0.15) is 30.6 Å². The number of carbonyl (C=O) groups excluding carboxylic acids is 1. The minimum absolute atomic E-state index is 0.00133. The van der Waals surface area contributed by atoms with Gasteiger partial charge in [0.2, 0.25) is 0 Å². The fourth-order valence-corrected chi connectivity index (χ4v) is 3.85. The van der Waals surface area contributed by atoms with Crippen LogP contribution < -0.4 is 15.6 Å². The number of nitrogens with zero attached hydrogens (tertiary/aromatic N) is 2. The quantitative estimate of drug-likeness (QED) is 0.584. The molecule has 1 unspecified atom stereocenters. The molecule has 1 aliphatic heterocycles. The number of anilines is 1. The predicted molar refractivity (Wildman–Crippen MR) is 107 cm³/mol. The van der Waals surface area contributed by atoms with Gasteiger partial charge in [-0.3, -0.25) is 9.59 Å². The maximum Gasteiger partial charge on any atom is 0.200 e. The molecule has 1 aromatic heterocycles. The molecule has 0 bridgehead atoms. The monoisotopic (exact) mass is 389 g/mol. The molecule has 0 saturated carbocycles. The fraction of sp³-hybridized carbons (Fsp3) is 0.429. The highest BCUT2D eigenvalue weighted by Gasteiger charge is 2.29. The van der Waals surface area contributed by atoms with Gasteiger partial charge in [0.1, 0.15) is 11.5 Å². The normalized spacial score (nSPS) is 16.7. The zero-order chi connectivity index (χ0) is 20.4. The Morgan fingerprint density at radius 3 is 2.82 bits per heavy atom. The number of ketones is 1. The smallest absolute Gasteiger partial charge is 0.200 e. The van der Waals surface area contributed by atoms with Gasteiger partial charge in [0.15, 0.2) is 17.0 Å². The Balaban J connectivity index is 2.15.